The van der Waals surface area contributed by atoms with Gasteiger partial charge in [-0.1, -0.05) is 18.7 Å². The third-order valence-corrected chi connectivity index (χ3v) is 7.09. The largest absolute Gasteiger partial charge is 0.465 e. The Balaban J connectivity index is 1.42. The molecule has 0 fully saturated rings. The molecule has 2 N–H and O–H groups in total. The first-order chi connectivity index (χ1) is 14.4. The molecule has 7 nitrogen and oxygen atoms in total. The second-order valence-corrected chi connectivity index (χ2v) is 9.36. The zero-order chi connectivity index (χ0) is 21.3. The fourth-order valence-electron chi connectivity index (χ4n) is 3.54. The van der Waals surface area contributed by atoms with E-state index in [-0.39, 0.29) is 17.2 Å². The quantitative estimate of drug-likeness (QED) is 0.355. The lowest BCUT2D eigenvalue weighted by molar-refractivity contribution is -0.113. The van der Waals surface area contributed by atoms with Crippen molar-refractivity contribution >= 4 is 50.9 Å². The van der Waals surface area contributed by atoms with Crippen LogP contribution in [0.1, 0.15) is 34.1 Å². The molecule has 1 aromatic carbocycles. The highest BCUT2D eigenvalue weighted by molar-refractivity contribution is 7.99. The smallest absolute Gasteiger partial charge is 0.337 e. The Bertz CT molecular complexity index is 1170. The number of hydrogen-bond acceptors (Lipinski definition) is 7. The molecule has 1 aliphatic rings. The summed E-state index contributed by atoms with van der Waals surface area (Å²) in [5, 5.41) is 3.91. The van der Waals surface area contributed by atoms with Crippen LogP contribution in [0.5, 0.6) is 0 Å². The molecule has 0 spiro atoms. The minimum Gasteiger partial charge on any atom is -0.465 e. The summed E-state index contributed by atoms with van der Waals surface area (Å²) in [5.74, 6) is 0.0743. The van der Waals surface area contributed by atoms with Gasteiger partial charge in [-0.05, 0) is 55.0 Å². The number of carbonyl (C=O) groups excluding carboxylic acids is 2. The lowest BCUT2D eigenvalue weighted by Gasteiger charge is -2.17. The van der Waals surface area contributed by atoms with Crippen LogP contribution in [0.25, 0.3) is 10.2 Å². The number of benzene rings is 1. The molecule has 4 rings (SSSR count). The Kier molecular flexibility index (Phi) is 5.92. The third kappa shape index (κ3) is 4.27. The Morgan fingerprint density at radius 1 is 1.33 bits per heavy atom. The van der Waals surface area contributed by atoms with Crippen molar-refractivity contribution in [2.45, 2.75) is 31.3 Å². The number of esters is 1. The van der Waals surface area contributed by atoms with Crippen LogP contribution in [0.3, 0.4) is 0 Å². The van der Waals surface area contributed by atoms with Gasteiger partial charge in [0.25, 0.3) is 5.56 Å². The molecular formula is C21H21N3O4S2. The maximum Gasteiger partial charge on any atom is 0.337 e. The predicted octanol–water partition coefficient (Wildman–Crippen LogP) is 3.63. The molecular weight excluding hydrogens is 422 g/mol. The van der Waals surface area contributed by atoms with Crippen molar-refractivity contribution in [2.24, 2.45) is 5.92 Å². The topological polar surface area (TPSA) is 101 Å². The van der Waals surface area contributed by atoms with Crippen molar-refractivity contribution in [3.05, 3.63) is 50.6 Å². The van der Waals surface area contributed by atoms with E-state index in [4.69, 9.17) is 0 Å². The van der Waals surface area contributed by atoms with Crippen molar-refractivity contribution in [2.75, 3.05) is 18.2 Å². The van der Waals surface area contributed by atoms with Crippen molar-refractivity contribution in [1.29, 1.82) is 0 Å². The molecule has 1 unspecified atom stereocenters. The molecule has 156 valence electrons. The zero-order valence-electron chi connectivity index (χ0n) is 16.6. The van der Waals surface area contributed by atoms with Crippen LogP contribution in [-0.2, 0) is 22.4 Å². The van der Waals surface area contributed by atoms with E-state index in [1.54, 1.807) is 35.6 Å². The lowest BCUT2D eigenvalue weighted by Crippen LogP contribution is -2.16. The van der Waals surface area contributed by atoms with Crippen molar-refractivity contribution in [3.63, 3.8) is 0 Å². The summed E-state index contributed by atoms with van der Waals surface area (Å²) >= 11 is 2.78. The number of thiophene rings is 1. The minimum absolute atomic E-state index is 0.106. The Morgan fingerprint density at radius 3 is 2.83 bits per heavy atom. The van der Waals surface area contributed by atoms with Crippen LogP contribution >= 0.6 is 23.1 Å². The number of H-pyrrole nitrogens is 1. The highest BCUT2D eigenvalue weighted by Crippen LogP contribution is 2.36. The summed E-state index contributed by atoms with van der Waals surface area (Å²) in [6.45, 7) is 2.23. The van der Waals surface area contributed by atoms with Crippen molar-refractivity contribution in [1.82, 2.24) is 9.97 Å². The number of rotatable bonds is 5. The van der Waals surface area contributed by atoms with Gasteiger partial charge in [0.1, 0.15) is 4.83 Å². The first kappa shape index (κ1) is 20.6. The zero-order valence-corrected chi connectivity index (χ0v) is 18.2. The normalized spacial score (nSPS) is 15.6. The number of carbonyl (C=O) groups is 2. The standard InChI is InChI=1S/C21H21N3O4S2/c1-11-3-8-14-15(9-11)30-19-17(14)18(26)23-21(24-19)29-10-16(25)22-13-6-4-12(5-7-13)20(27)28-2/h4-7,11H,3,8-10H2,1-2H3,(H,22,25)(H,23,24,26). The van der Waals surface area contributed by atoms with Gasteiger partial charge in [0.15, 0.2) is 5.16 Å². The molecule has 9 heteroatoms. The fraction of sp³-hybridized carbons (Fsp3) is 0.333. The van der Waals surface area contributed by atoms with E-state index in [0.717, 1.165) is 29.7 Å². The van der Waals surface area contributed by atoms with Gasteiger partial charge in [0.05, 0.1) is 23.8 Å². The monoisotopic (exact) mass is 443 g/mol. The number of thioether (sulfide) groups is 1. The summed E-state index contributed by atoms with van der Waals surface area (Å²) < 4.78 is 4.65. The van der Waals surface area contributed by atoms with E-state index in [0.29, 0.717) is 27.7 Å². The summed E-state index contributed by atoms with van der Waals surface area (Å²) in [6.07, 6.45) is 3.01. The van der Waals surface area contributed by atoms with Gasteiger partial charge in [-0.2, -0.15) is 0 Å². The van der Waals surface area contributed by atoms with Crippen molar-refractivity contribution < 1.29 is 14.3 Å². The second-order valence-electron chi connectivity index (χ2n) is 7.31. The Hall–Kier alpha value is -2.65. The van der Waals surface area contributed by atoms with Gasteiger partial charge in [0, 0.05) is 10.6 Å². The molecule has 1 atom stereocenters. The van der Waals surface area contributed by atoms with Gasteiger partial charge >= 0.3 is 5.97 Å². The van der Waals surface area contributed by atoms with Gasteiger partial charge in [-0.25, -0.2) is 9.78 Å². The number of anilines is 1. The number of methoxy groups -OCH3 is 1. The van der Waals surface area contributed by atoms with Crippen LogP contribution in [0.2, 0.25) is 0 Å². The average molecular weight is 444 g/mol. The Labute approximate surface area is 181 Å². The van der Waals surface area contributed by atoms with Crippen LogP contribution in [0, 0.1) is 5.92 Å². The maximum absolute atomic E-state index is 12.6. The number of nitrogens with one attached hydrogen (secondary N) is 2. The van der Waals surface area contributed by atoms with E-state index in [1.165, 1.54) is 23.7 Å². The molecule has 0 bridgehead atoms. The molecule has 1 aliphatic carbocycles. The number of ether oxygens (including phenoxy) is 1. The molecule has 30 heavy (non-hydrogen) atoms. The highest BCUT2D eigenvalue weighted by atomic mass is 32.2. The number of nitrogens with zero attached hydrogens (tertiary/aromatic N) is 1. The van der Waals surface area contributed by atoms with E-state index in [9.17, 15) is 14.4 Å². The van der Waals surface area contributed by atoms with E-state index in [2.05, 4.69) is 26.9 Å². The molecule has 2 aromatic heterocycles. The summed E-state index contributed by atoms with van der Waals surface area (Å²) in [4.78, 5) is 45.7. The molecule has 0 aliphatic heterocycles. The number of aromatic nitrogens is 2. The molecule has 3 aromatic rings. The Morgan fingerprint density at radius 2 is 2.10 bits per heavy atom. The van der Waals surface area contributed by atoms with Gasteiger partial charge in [-0.3, -0.25) is 9.59 Å². The van der Waals surface area contributed by atoms with Gasteiger partial charge in [0.2, 0.25) is 5.91 Å². The number of aromatic amines is 1. The SMILES string of the molecule is COC(=O)c1ccc(NC(=O)CSc2nc3sc4c(c3c(=O)[nH]2)CCC(C)C4)cc1. The lowest BCUT2D eigenvalue weighted by atomic mass is 9.89. The number of amides is 1. The van der Waals surface area contributed by atoms with Crippen LogP contribution < -0.4 is 10.9 Å². The summed E-state index contributed by atoms with van der Waals surface area (Å²) in [7, 11) is 1.32. The highest BCUT2D eigenvalue weighted by Gasteiger charge is 2.23. The summed E-state index contributed by atoms with van der Waals surface area (Å²) in [5.41, 5.74) is 2.00. The molecule has 1 amide bonds. The molecule has 0 saturated heterocycles. The van der Waals surface area contributed by atoms with Gasteiger partial charge < -0.3 is 15.0 Å². The van der Waals surface area contributed by atoms with Crippen LogP contribution in [-0.4, -0.2) is 34.7 Å². The van der Waals surface area contributed by atoms with Crippen LogP contribution in [0.15, 0.2) is 34.2 Å². The first-order valence-electron chi connectivity index (χ1n) is 9.60. The minimum atomic E-state index is -0.432. The van der Waals surface area contributed by atoms with E-state index >= 15 is 0 Å². The van der Waals surface area contributed by atoms with E-state index < -0.39 is 5.97 Å². The fourth-order valence-corrected chi connectivity index (χ4v) is 5.64. The van der Waals surface area contributed by atoms with Crippen LogP contribution in [0.4, 0.5) is 5.69 Å². The first-order valence-corrected chi connectivity index (χ1v) is 11.4. The molecule has 0 saturated carbocycles. The number of fused-ring (bicyclic) bond motifs is 3. The number of hydrogen-bond donors (Lipinski definition) is 2. The second kappa shape index (κ2) is 8.61. The predicted molar refractivity (Wildman–Crippen MR) is 119 cm³/mol. The number of aryl methyl sites for hydroxylation is 1. The maximum atomic E-state index is 12.6. The van der Waals surface area contributed by atoms with Gasteiger partial charge in [-0.15, -0.1) is 11.3 Å². The molecule has 2 heterocycles. The average Bonchev–Trinajstić information content (AvgIpc) is 3.10. The third-order valence-electron chi connectivity index (χ3n) is 5.07. The van der Waals surface area contributed by atoms with Crippen molar-refractivity contribution in [3.8, 4) is 0 Å². The molecule has 0 radical (unpaired) electrons. The van der Waals surface area contributed by atoms with E-state index in [1.807, 2.05) is 0 Å². The summed E-state index contributed by atoms with van der Waals surface area (Å²) in [6, 6.07) is 6.44.